The van der Waals surface area contributed by atoms with Gasteiger partial charge in [-0.3, -0.25) is 0 Å². The number of rotatable bonds is 1. The number of hydrogen-bond acceptors (Lipinski definition) is 2. The van der Waals surface area contributed by atoms with Crippen molar-refractivity contribution in [1.82, 2.24) is 4.98 Å². The summed E-state index contributed by atoms with van der Waals surface area (Å²) in [7, 11) is 1.87. The topological polar surface area (TPSA) is 24.9 Å². The molecule has 0 saturated carbocycles. The summed E-state index contributed by atoms with van der Waals surface area (Å²) >= 11 is 4.50. The van der Waals surface area contributed by atoms with E-state index in [2.05, 4.69) is 61.5 Å². The summed E-state index contributed by atoms with van der Waals surface area (Å²) in [6, 6.07) is 2.08. The SMILES string of the molecule is CNc1ncc(I)cc1I. The minimum atomic E-state index is 0.945. The van der Waals surface area contributed by atoms with Crippen molar-refractivity contribution in [3.8, 4) is 0 Å². The maximum Gasteiger partial charge on any atom is 0.139 e. The Morgan fingerprint density at radius 1 is 1.50 bits per heavy atom. The van der Waals surface area contributed by atoms with Crippen molar-refractivity contribution in [2.24, 2.45) is 0 Å². The molecule has 0 atom stereocenters. The molecule has 0 bridgehead atoms. The highest BCUT2D eigenvalue weighted by Gasteiger charge is 1.97. The first-order valence-electron chi connectivity index (χ1n) is 2.73. The van der Waals surface area contributed by atoms with Gasteiger partial charge in [-0.15, -0.1) is 0 Å². The molecule has 0 spiro atoms. The van der Waals surface area contributed by atoms with Crippen molar-refractivity contribution < 1.29 is 0 Å². The second-order valence-electron chi connectivity index (χ2n) is 1.73. The number of halogens is 2. The van der Waals surface area contributed by atoms with Crippen molar-refractivity contribution >= 4 is 51.0 Å². The minimum absolute atomic E-state index is 0.945. The van der Waals surface area contributed by atoms with Crippen LogP contribution in [-0.2, 0) is 0 Å². The summed E-state index contributed by atoms with van der Waals surface area (Å²) in [6.45, 7) is 0. The van der Waals surface area contributed by atoms with Crippen molar-refractivity contribution in [2.45, 2.75) is 0 Å². The van der Waals surface area contributed by atoms with E-state index in [1.807, 2.05) is 13.2 Å². The van der Waals surface area contributed by atoms with Gasteiger partial charge in [0.2, 0.25) is 0 Å². The lowest BCUT2D eigenvalue weighted by molar-refractivity contribution is 1.25. The van der Waals surface area contributed by atoms with E-state index in [0.29, 0.717) is 0 Å². The molecule has 2 nitrogen and oxygen atoms in total. The van der Waals surface area contributed by atoms with E-state index in [9.17, 15) is 0 Å². The van der Waals surface area contributed by atoms with Gasteiger partial charge in [0, 0.05) is 16.8 Å². The van der Waals surface area contributed by atoms with Crippen LogP contribution < -0.4 is 5.32 Å². The van der Waals surface area contributed by atoms with Crippen LogP contribution >= 0.6 is 45.2 Å². The molecule has 10 heavy (non-hydrogen) atoms. The van der Waals surface area contributed by atoms with E-state index in [4.69, 9.17) is 0 Å². The van der Waals surface area contributed by atoms with Gasteiger partial charge in [0.1, 0.15) is 5.82 Å². The first kappa shape index (κ1) is 8.51. The molecule has 0 fully saturated rings. The van der Waals surface area contributed by atoms with Gasteiger partial charge >= 0.3 is 0 Å². The van der Waals surface area contributed by atoms with Gasteiger partial charge in [-0.2, -0.15) is 0 Å². The van der Waals surface area contributed by atoms with Crippen LogP contribution in [-0.4, -0.2) is 12.0 Å². The van der Waals surface area contributed by atoms with Crippen molar-refractivity contribution in [1.29, 1.82) is 0 Å². The van der Waals surface area contributed by atoms with Gasteiger partial charge in [-0.1, -0.05) is 0 Å². The molecule has 54 valence electrons. The summed E-state index contributed by atoms with van der Waals surface area (Å²) in [6.07, 6.45) is 1.84. The maximum atomic E-state index is 4.17. The van der Waals surface area contributed by atoms with Gasteiger partial charge in [-0.25, -0.2) is 4.98 Å². The third-order valence-electron chi connectivity index (χ3n) is 1.04. The molecule has 0 amide bonds. The highest BCUT2D eigenvalue weighted by Crippen LogP contribution is 2.16. The van der Waals surface area contributed by atoms with Crippen LogP contribution in [0, 0.1) is 7.14 Å². The third-order valence-corrected chi connectivity index (χ3v) is 2.46. The smallest absolute Gasteiger partial charge is 0.139 e. The van der Waals surface area contributed by atoms with E-state index in [1.54, 1.807) is 0 Å². The van der Waals surface area contributed by atoms with Crippen LogP contribution in [0.15, 0.2) is 12.3 Å². The molecule has 0 aliphatic heterocycles. The molecule has 0 saturated heterocycles. The summed E-state index contributed by atoms with van der Waals surface area (Å²) in [4.78, 5) is 4.17. The average molecular weight is 360 g/mol. The highest BCUT2D eigenvalue weighted by atomic mass is 127. The lowest BCUT2D eigenvalue weighted by Crippen LogP contribution is -1.94. The fourth-order valence-corrected chi connectivity index (χ4v) is 2.39. The standard InChI is InChI=1S/C6H6I2N2/c1-9-6-5(8)2-4(7)3-10-6/h2-3H,1H3,(H,9,10). The molecule has 0 unspecified atom stereocenters. The van der Waals surface area contributed by atoms with Crippen LogP contribution in [0.4, 0.5) is 5.82 Å². The van der Waals surface area contributed by atoms with Crippen LogP contribution in [0.25, 0.3) is 0 Å². The normalized spacial score (nSPS) is 9.50. The number of nitrogens with one attached hydrogen (secondary N) is 1. The second-order valence-corrected chi connectivity index (χ2v) is 4.14. The first-order valence-corrected chi connectivity index (χ1v) is 4.88. The number of aromatic nitrogens is 1. The molecule has 0 aliphatic carbocycles. The van der Waals surface area contributed by atoms with Gasteiger partial charge in [-0.05, 0) is 51.2 Å². The van der Waals surface area contributed by atoms with Crippen LogP contribution in [0.3, 0.4) is 0 Å². The van der Waals surface area contributed by atoms with Crippen LogP contribution in [0.2, 0.25) is 0 Å². The molecule has 4 heteroatoms. The van der Waals surface area contributed by atoms with Crippen LogP contribution in [0.1, 0.15) is 0 Å². The highest BCUT2D eigenvalue weighted by molar-refractivity contribution is 14.1. The Kier molecular flexibility index (Phi) is 3.15. The molecule has 0 radical (unpaired) electrons. The zero-order valence-electron chi connectivity index (χ0n) is 5.36. The van der Waals surface area contributed by atoms with Crippen molar-refractivity contribution in [3.63, 3.8) is 0 Å². The number of pyridine rings is 1. The summed E-state index contributed by atoms with van der Waals surface area (Å²) in [5.41, 5.74) is 0. The lowest BCUT2D eigenvalue weighted by Gasteiger charge is -2.00. The van der Waals surface area contributed by atoms with Crippen molar-refractivity contribution in [3.05, 3.63) is 19.4 Å². The third kappa shape index (κ3) is 1.94. The van der Waals surface area contributed by atoms with E-state index in [-0.39, 0.29) is 0 Å². The maximum absolute atomic E-state index is 4.17. The van der Waals surface area contributed by atoms with Gasteiger partial charge in [0.05, 0.1) is 3.57 Å². The van der Waals surface area contributed by atoms with E-state index in [0.717, 1.165) is 9.39 Å². The minimum Gasteiger partial charge on any atom is -0.372 e. The predicted octanol–water partition coefficient (Wildman–Crippen LogP) is 2.33. The zero-order chi connectivity index (χ0) is 7.56. The monoisotopic (exact) mass is 360 g/mol. The number of anilines is 1. The van der Waals surface area contributed by atoms with E-state index in [1.165, 1.54) is 3.57 Å². The van der Waals surface area contributed by atoms with E-state index >= 15 is 0 Å². The number of nitrogens with zero attached hydrogens (tertiary/aromatic N) is 1. The Bertz CT molecular complexity index is 237. The van der Waals surface area contributed by atoms with Gasteiger partial charge in [0.25, 0.3) is 0 Å². The molecule has 1 aromatic heterocycles. The Morgan fingerprint density at radius 2 is 2.20 bits per heavy atom. The van der Waals surface area contributed by atoms with E-state index < -0.39 is 0 Å². The zero-order valence-corrected chi connectivity index (χ0v) is 9.67. The van der Waals surface area contributed by atoms with Gasteiger partial charge in [0.15, 0.2) is 0 Å². The molecule has 0 aromatic carbocycles. The predicted molar refractivity (Wildman–Crippen MR) is 59.2 cm³/mol. The molecule has 1 heterocycles. The lowest BCUT2D eigenvalue weighted by atomic mass is 10.5. The molecule has 1 rings (SSSR count). The Morgan fingerprint density at radius 3 is 2.70 bits per heavy atom. The van der Waals surface area contributed by atoms with Gasteiger partial charge < -0.3 is 5.32 Å². The molecular weight excluding hydrogens is 354 g/mol. The second kappa shape index (κ2) is 3.70. The summed E-state index contributed by atoms with van der Waals surface area (Å²) in [5.74, 6) is 0.945. The Balaban J connectivity index is 3.07. The summed E-state index contributed by atoms with van der Waals surface area (Å²) in [5, 5.41) is 3.00. The quantitative estimate of drug-likeness (QED) is 0.778. The first-order chi connectivity index (χ1) is 4.74. The average Bonchev–Trinajstić information content (AvgIpc) is 1.88. The summed E-state index contributed by atoms with van der Waals surface area (Å²) < 4.78 is 2.33. The fourth-order valence-electron chi connectivity index (χ4n) is 0.599. The Labute approximate surface area is 87.1 Å². The van der Waals surface area contributed by atoms with Crippen LogP contribution in [0.5, 0.6) is 0 Å². The molecular formula is C6H6I2N2. The molecule has 1 aromatic rings. The Hall–Kier alpha value is 0.410. The molecule has 0 aliphatic rings. The van der Waals surface area contributed by atoms with Crippen molar-refractivity contribution in [2.75, 3.05) is 12.4 Å². The molecule has 1 N–H and O–H groups in total. The fraction of sp³-hybridized carbons (Fsp3) is 0.167. The number of hydrogen-bond donors (Lipinski definition) is 1. The largest absolute Gasteiger partial charge is 0.372 e.